The number of fused-ring (bicyclic) bond motifs is 1. The van der Waals surface area contributed by atoms with Crippen LogP contribution in [0.1, 0.15) is 26.5 Å². The lowest BCUT2D eigenvalue weighted by Gasteiger charge is -2.17. The van der Waals surface area contributed by atoms with E-state index in [9.17, 15) is 4.79 Å². The van der Waals surface area contributed by atoms with E-state index < -0.39 is 0 Å². The molecule has 3 rings (SSSR count). The number of thiazole rings is 1. The van der Waals surface area contributed by atoms with Crippen molar-refractivity contribution in [3.05, 3.63) is 45.4 Å². The Morgan fingerprint density at radius 1 is 1.50 bits per heavy atom. The number of benzene rings is 1. The van der Waals surface area contributed by atoms with Crippen LogP contribution >= 0.6 is 11.3 Å². The van der Waals surface area contributed by atoms with Gasteiger partial charge in [0.05, 0.1) is 17.7 Å². The molecule has 4 nitrogen and oxygen atoms in total. The standard InChI is InChI=1S/C15H17N3OS/c1-10-14(20-9-17-10)8-18(2)15(19)12-4-3-11-5-6-16-13(11)7-12/h3-4,7,9,16H,5-6,8H2,1-2H3. The van der Waals surface area contributed by atoms with Crippen LogP contribution in [0.4, 0.5) is 5.69 Å². The van der Waals surface area contributed by atoms with Gasteiger partial charge in [-0.25, -0.2) is 4.98 Å². The minimum absolute atomic E-state index is 0.0503. The highest BCUT2D eigenvalue weighted by Gasteiger charge is 2.17. The molecule has 0 aliphatic carbocycles. The molecule has 2 aromatic rings. The summed E-state index contributed by atoms with van der Waals surface area (Å²) in [6.07, 6.45) is 1.04. The maximum Gasteiger partial charge on any atom is 0.253 e. The molecule has 2 heterocycles. The van der Waals surface area contributed by atoms with Gasteiger partial charge in [-0.1, -0.05) is 6.07 Å². The summed E-state index contributed by atoms with van der Waals surface area (Å²) in [5.74, 6) is 0.0503. The molecule has 0 radical (unpaired) electrons. The monoisotopic (exact) mass is 287 g/mol. The smallest absolute Gasteiger partial charge is 0.253 e. The van der Waals surface area contributed by atoms with E-state index in [1.54, 1.807) is 16.2 Å². The lowest BCUT2D eigenvalue weighted by atomic mass is 10.1. The highest BCUT2D eigenvalue weighted by Crippen LogP contribution is 2.24. The molecule has 1 aromatic carbocycles. The molecule has 0 saturated heterocycles. The Balaban J connectivity index is 1.76. The van der Waals surface area contributed by atoms with E-state index in [-0.39, 0.29) is 5.91 Å². The van der Waals surface area contributed by atoms with Gasteiger partial charge in [-0.05, 0) is 31.0 Å². The highest BCUT2D eigenvalue weighted by atomic mass is 32.1. The minimum atomic E-state index is 0.0503. The number of hydrogen-bond donors (Lipinski definition) is 1. The third-order valence-corrected chi connectivity index (χ3v) is 4.56. The van der Waals surface area contributed by atoms with Gasteiger partial charge in [-0.3, -0.25) is 4.79 Å². The van der Waals surface area contributed by atoms with E-state index >= 15 is 0 Å². The van der Waals surface area contributed by atoms with Gasteiger partial charge in [0, 0.05) is 29.7 Å². The van der Waals surface area contributed by atoms with E-state index in [0.29, 0.717) is 6.54 Å². The van der Waals surface area contributed by atoms with Gasteiger partial charge in [-0.15, -0.1) is 11.3 Å². The maximum atomic E-state index is 12.5. The Morgan fingerprint density at radius 3 is 3.10 bits per heavy atom. The van der Waals surface area contributed by atoms with Crippen LogP contribution in [0.5, 0.6) is 0 Å². The topological polar surface area (TPSA) is 45.2 Å². The summed E-state index contributed by atoms with van der Waals surface area (Å²) in [5.41, 5.74) is 5.95. The second-order valence-corrected chi connectivity index (χ2v) is 6.01. The zero-order chi connectivity index (χ0) is 14.1. The number of anilines is 1. The van der Waals surface area contributed by atoms with E-state index in [4.69, 9.17) is 0 Å². The minimum Gasteiger partial charge on any atom is -0.384 e. The van der Waals surface area contributed by atoms with Crippen LogP contribution in [0.15, 0.2) is 23.7 Å². The molecule has 0 bridgehead atoms. The quantitative estimate of drug-likeness (QED) is 0.944. The molecule has 0 saturated carbocycles. The van der Waals surface area contributed by atoms with Gasteiger partial charge < -0.3 is 10.2 Å². The van der Waals surface area contributed by atoms with Gasteiger partial charge >= 0.3 is 0 Å². The van der Waals surface area contributed by atoms with Crippen LogP contribution in [-0.2, 0) is 13.0 Å². The number of aryl methyl sites for hydroxylation is 1. The van der Waals surface area contributed by atoms with Gasteiger partial charge in [0.1, 0.15) is 0 Å². The summed E-state index contributed by atoms with van der Waals surface area (Å²) in [5, 5.41) is 3.31. The van der Waals surface area contributed by atoms with Gasteiger partial charge in [0.2, 0.25) is 0 Å². The van der Waals surface area contributed by atoms with Gasteiger partial charge in [-0.2, -0.15) is 0 Å². The lowest BCUT2D eigenvalue weighted by molar-refractivity contribution is 0.0786. The number of rotatable bonds is 3. The first-order valence-electron chi connectivity index (χ1n) is 6.66. The van der Waals surface area contributed by atoms with Crippen molar-refractivity contribution in [2.24, 2.45) is 0 Å². The molecular weight excluding hydrogens is 270 g/mol. The number of carbonyl (C=O) groups is 1. The molecule has 0 spiro atoms. The Hall–Kier alpha value is -1.88. The number of amides is 1. The van der Waals surface area contributed by atoms with E-state index in [1.165, 1.54) is 5.56 Å². The fourth-order valence-electron chi connectivity index (χ4n) is 2.41. The summed E-state index contributed by atoms with van der Waals surface area (Å²) >= 11 is 1.59. The molecule has 1 N–H and O–H groups in total. The molecule has 1 aliphatic heterocycles. The zero-order valence-corrected chi connectivity index (χ0v) is 12.5. The third kappa shape index (κ3) is 2.41. The van der Waals surface area contributed by atoms with Crippen LogP contribution in [0.2, 0.25) is 0 Å². The van der Waals surface area contributed by atoms with Crippen LogP contribution in [0, 0.1) is 6.92 Å². The van der Waals surface area contributed by atoms with Crippen molar-refractivity contribution >= 4 is 22.9 Å². The van der Waals surface area contributed by atoms with Gasteiger partial charge in [0.25, 0.3) is 5.91 Å². The molecule has 0 unspecified atom stereocenters. The van der Waals surface area contributed by atoms with Crippen molar-refractivity contribution in [2.45, 2.75) is 19.9 Å². The first kappa shape index (κ1) is 13.1. The van der Waals surface area contributed by atoms with Gasteiger partial charge in [0.15, 0.2) is 0 Å². The molecule has 1 amide bonds. The van der Waals surface area contributed by atoms with Crippen molar-refractivity contribution in [3.8, 4) is 0 Å². The van der Waals surface area contributed by atoms with Crippen molar-refractivity contribution in [1.82, 2.24) is 9.88 Å². The SMILES string of the molecule is Cc1ncsc1CN(C)C(=O)c1ccc2c(c1)NCC2. The number of nitrogens with one attached hydrogen (secondary N) is 1. The Morgan fingerprint density at radius 2 is 2.35 bits per heavy atom. The predicted molar refractivity (Wildman–Crippen MR) is 81.3 cm³/mol. The Bertz CT molecular complexity index is 650. The van der Waals surface area contributed by atoms with Crippen LogP contribution in [0.25, 0.3) is 0 Å². The van der Waals surface area contributed by atoms with Crippen molar-refractivity contribution in [1.29, 1.82) is 0 Å². The van der Waals surface area contributed by atoms with E-state index in [0.717, 1.165) is 34.8 Å². The second kappa shape index (κ2) is 5.25. The van der Waals surface area contributed by atoms with Crippen LogP contribution < -0.4 is 5.32 Å². The molecular formula is C15H17N3OS. The molecule has 0 fully saturated rings. The molecule has 1 aliphatic rings. The zero-order valence-electron chi connectivity index (χ0n) is 11.6. The summed E-state index contributed by atoms with van der Waals surface area (Å²) in [7, 11) is 1.84. The molecule has 5 heteroatoms. The fourth-order valence-corrected chi connectivity index (χ4v) is 3.24. The fraction of sp³-hybridized carbons (Fsp3) is 0.333. The summed E-state index contributed by atoms with van der Waals surface area (Å²) in [4.78, 5) is 19.6. The predicted octanol–water partition coefficient (Wildman–Crippen LogP) is 2.69. The summed E-state index contributed by atoms with van der Waals surface area (Å²) in [6.45, 7) is 3.55. The normalized spacial score (nSPS) is 12.9. The Labute approximate surface area is 122 Å². The molecule has 20 heavy (non-hydrogen) atoms. The average molecular weight is 287 g/mol. The summed E-state index contributed by atoms with van der Waals surface area (Å²) in [6, 6.07) is 5.93. The third-order valence-electron chi connectivity index (χ3n) is 3.64. The van der Waals surface area contributed by atoms with Crippen molar-refractivity contribution in [3.63, 3.8) is 0 Å². The first-order valence-corrected chi connectivity index (χ1v) is 7.54. The number of aromatic nitrogens is 1. The number of carbonyl (C=O) groups excluding carboxylic acids is 1. The highest BCUT2D eigenvalue weighted by molar-refractivity contribution is 7.09. The summed E-state index contributed by atoms with van der Waals surface area (Å²) < 4.78 is 0. The Kier molecular flexibility index (Phi) is 3.44. The second-order valence-electron chi connectivity index (χ2n) is 5.07. The first-order chi connectivity index (χ1) is 9.65. The molecule has 0 atom stereocenters. The number of hydrogen-bond acceptors (Lipinski definition) is 4. The molecule has 104 valence electrons. The van der Waals surface area contributed by atoms with Crippen LogP contribution in [0.3, 0.4) is 0 Å². The average Bonchev–Trinajstić information content (AvgIpc) is 3.06. The largest absolute Gasteiger partial charge is 0.384 e. The number of nitrogens with zero attached hydrogens (tertiary/aromatic N) is 2. The molecule has 1 aromatic heterocycles. The van der Waals surface area contributed by atoms with Crippen molar-refractivity contribution < 1.29 is 4.79 Å². The van der Waals surface area contributed by atoms with Crippen molar-refractivity contribution in [2.75, 3.05) is 18.9 Å². The maximum absolute atomic E-state index is 12.5. The van der Waals surface area contributed by atoms with E-state index in [1.807, 2.05) is 37.7 Å². The van der Waals surface area contributed by atoms with Crippen LogP contribution in [-0.4, -0.2) is 29.4 Å². The van der Waals surface area contributed by atoms with E-state index in [2.05, 4.69) is 10.3 Å². The lowest BCUT2D eigenvalue weighted by Crippen LogP contribution is -2.26.